The maximum Gasteiger partial charge on any atom is 0.254 e. The highest BCUT2D eigenvalue weighted by molar-refractivity contribution is 5.94. The molecule has 5 rings (SSSR count). The lowest BCUT2D eigenvalue weighted by Crippen LogP contribution is -2.53. The number of amides is 2. The van der Waals surface area contributed by atoms with Gasteiger partial charge < -0.3 is 14.9 Å². The van der Waals surface area contributed by atoms with Gasteiger partial charge in [0.25, 0.3) is 11.8 Å². The van der Waals surface area contributed by atoms with Crippen molar-refractivity contribution in [2.75, 3.05) is 26.2 Å². The predicted octanol–water partition coefficient (Wildman–Crippen LogP) is 0.651. The number of aliphatic hydroxyl groups is 1. The van der Waals surface area contributed by atoms with Gasteiger partial charge in [-0.2, -0.15) is 0 Å². The van der Waals surface area contributed by atoms with Crippen LogP contribution in [0.5, 0.6) is 0 Å². The minimum Gasteiger partial charge on any atom is -0.380 e. The van der Waals surface area contributed by atoms with Crippen molar-refractivity contribution in [2.24, 2.45) is 4.99 Å². The van der Waals surface area contributed by atoms with Gasteiger partial charge in [0.2, 0.25) is 0 Å². The van der Waals surface area contributed by atoms with Crippen LogP contribution in [0.25, 0.3) is 6.08 Å². The Labute approximate surface area is 168 Å². The molecule has 2 aromatic rings. The number of piperazine rings is 1. The van der Waals surface area contributed by atoms with Crippen molar-refractivity contribution in [1.29, 1.82) is 0 Å². The standard InChI is InChI=1S/C23H23N3O3/c27-21(25-11-13-26(14-12-25)22(28)23(29)9-10-23)17-7-5-16(6-8-17)20-15-18-3-1-2-4-19(18)24-20/h1-8,15,20,29H,9-14H2. The Morgan fingerprint density at radius 3 is 2.24 bits per heavy atom. The van der Waals surface area contributed by atoms with Gasteiger partial charge in [-0.15, -0.1) is 0 Å². The molecule has 2 fully saturated rings. The highest BCUT2D eigenvalue weighted by atomic mass is 16.3. The van der Waals surface area contributed by atoms with Gasteiger partial charge in [-0.25, -0.2) is 0 Å². The molecule has 6 heteroatoms. The van der Waals surface area contributed by atoms with E-state index in [-0.39, 0.29) is 17.9 Å². The molecule has 0 aromatic heterocycles. The molecule has 1 N–H and O–H groups in total. The van der Waals surface area contributed by atoms with E-state index in [0.29, 0.717) is 44.6 Å². The van der Waals surface area contributed by atoms with Gasteiger partial charge in [-0.05, 0) is 47.9 Å². The molecule has 2 aromatic carbocycles. The normalized spacial score (nSPS) is 21.8. The van der Waals surface area contributed by atoms with E-state index in [1.54, 1.807) is 9.80 Å². The van der Waals surface area contributed by atoms with Crippen molar-refractivity contribution in [1.82, 2.24) is 9.80 Å². The van der Waals surface area contributed by atoms with E-state index in [9.17, 15) is 14.7 Å². The second-order valence-electron chi connectivity index (χ2n) is 8.04. The summed E-state index contributed by atoms with van der Waals surface area (Å²) in [7, 11) is 0. The van der Waals surface area contributed by atoms with Crippen LogP contribution in [0.4, 0.5) is 0 Å². The second kappa shape index (κ2) is 6.81. The summed E-state index contributed by atoms with van der Waals surface area (Å²) in [4.78, 5) is 33.3. The van der Waals surface area contributed by atoms with E-state index in [1.807, 2.05) is 42.5 Å². The number of carbonyl (C=O) groups excluding carboxylic acids is 2. The number of benzene rings is 2. The van der Waals surface area contributed by atoms with Gasteiger partial charge in [-0.3, -0.25) is 14.6 Å². The Morgan fingerprint density at radius 1 is 0.931 bits per heavy atom. The second-order valence-corrected chi connectivity index (χ2v) is 8.04. The highest BCUT2D eigenvalue weighted by Crippen LogP contribution is 2.37. The molecule has 1 unspecified atom stereocenters. The summed E-state index contributed by atoms with van der Waals surface area (Å²) >= 11 is 0. The smallest absolute Gasteiger partial charge is 0.254 e. The summed E-state index contributed by atoms with van der Waals surface area (Å²) in [5.41, 5.74) is 0.569. The van der Waals surface area contributed by atoms with Crippen LogP contribution >= 0.6 is 0 Å². The third kappa shape index (κ3) is 3.34. The van der Waals surface area contributed by atoms with Gasteiger partial charge in [-0.1, -0.05) is 30.3 Å². The maximum absolute atomic E-state index is 12.8. The summed E-state index contributed by atoms with van der Waals surface area (Å²) in [5, 5.41) is 12.1. The minimum absolute atomic E-state index is 0.0145. The van der Waals surface area contributed by atoms with Crippen molar-refractivity contribution in [3.63, 3.8) is 0 Å². The Morgan fingerprint density at radius 2 is 1.59 bits per heavy atom. The molecule has 1 atom stereocenters. The van der Waals surface area contributed by atoms with Gasteiger partial charge in [0.1, 0.15) is 5.60 Å². The number of fused-ring (bicyclic) bond motifs is 1. The average Bonchev–Trinajstić information content (AvgIpc) is 3.37. The zero-order chi connectivity index (χ0) is 20.0. The SMILES string of the molecule is O=C(c1ccc(C2C=c3ccccc3=N2)cc1)N1CCN(C(=O)C2(O)CC2)CC1. The first-order valence-corrected chi connectivity index (χ1v) is 10.1. The lowest BCUT2D eigenvalue weighted by Gasteiger charge is -2.35. The molecule has 29 heavy (non-hydrogen) atoms. The minimum atomic E-state index is -1.13. The molecule has 1 saturated heterocycles. The van der Waals surface area contributed by atoms with Crippen LogP contribution in [0, 0.1) is 0 Å². The van der Waals surface area contributed by atoms with Crippen LogP contribution in [0.1, 0.15) is 34.8 Å². The molecule has 1 aliphatic carbocycles. The molecular formula is C23H23N3O3. The molecule has 1 saturated carbocycles. The average molecular weight is 389 g/mol. The fourth-order valence-electron chi connectivity index (χ4n) is 4.02. The van der Waals surface area contributed by atoms with Crippen molar-refractivity contribution in [3.05, 3.63) is 70.2 Å². The van der Waals surface area contributed by atoms with Gasteiger partial charge >= 0.3 is 0 Å². The fraction of sp³-hybridized carbons (Fsp3) is 0.348. The Hall–Kier alpha value is -2.99. The molecule has 2 heterocycles. The first kappa shape index (κ1) is 18.1. The van der Waals surface area contributed by atoms with Crippen molar-refractivity contribution < 1.29 is 14.7 Å². The molecule has 2 aliphatic heterocycles. The van der Waals surface area contributed by atoms with E-state index in [2.05, 4.69) is 12.1 Å². The number of para-hydroxylation sites is 1. The van der Waals surface area contributed by atoms with E-state index in [1.165, 1.54) is 0 Å². The van der Waals surface area contributed by atoms with E-state index in [4.69, 9.17) is 4.99 Å². The maximum atomic E-state index is 12.8. The number of rotatable bonds is 3. The molecule has 0 spiro atoms. The van der Waals surface area contributed by atoms with Crippen LogP contribution in [0.3, 0.4) is 0 Å². The van der Waals surface area contributed by atoms with E-state index < -0.39 is 5.60 Å². The van der Waals surface area contributed by atoms with Crippen LogP contribution in [0.2, 0.25) is 0 Å². The van der Waals surface area contributed by atoms with Gasteiger partial charge in [0.05, 0.1) is 11.4 Å². The predicted molar refractivity (Wildman–Crippen MR) is 108 cm³/mol. The zero-order valence-electron chi connectivity index (χ0n) is 16.1. The first-order valence-electron chi connectivity index (χ1n) is 10.1. The van der Waals surface area contributed by atoms with Gasteiger partial charge in [0.15, 0.2) is 0 Å². The molecule has 2 amide bonds. The fourth-order valence-corrected chi connectivity index (χ4v) is 4.02. The topological polar surface area (TPSA) is 73.2 Å². The number of nitrogens with zero attached hydrogens (tertiary/aromatic N) is 3. The van der Waals surface area contributed by atoms with Crippen molar-refractivity contribution >= 4 is 17.9 Å². The third-order valence-electron chi connectivity index (χ3n) is 6.03. The quantitative estimate of drug-likeness (QED) is 0.838. The van der Waals surface area contributed by atoms with Crippen LogP contribution < -0.4 is 10.6 Å². The number of hydrogen-bond donors (Lipinski definition) is 1. The molecule has 3 aliphatic rings. The molecule has 0 radical (unpaired) electrons. The summed E-state index contributed by atoms with van der Waals surface area (Å²) in [6, 6.07) is 15.7. The molecule has 0 bridgehead atoms. The van der Waals surface area contributed by atoms with E-state index >= 15 is 0 Å². The van der Waals surface area contributed by atoms with Crippen LogP contribution in [-0.4, -0.2) is 58.5 Å². The largest absolute Gasteiger partial charge is 0.380 e. The van der Waals surface area contributed by atoms with Crippen molar-refractivity contribution in [3.8, 4) is 0 Å². The Kier molecular flexibility index (Phi) is 4.24. The lowest BCUT2D eigenvalue weighted by atomic mass is 10.0. The number of carbonyl (C=O) groups is 2. The third-order valence-corrected chi connectivity index (χ3v) is 6.03. The monoisotopic (exact) mass is 389 g/mol. The van der Waals surface area contributed by atoms with E-state index in [0.717, 1.165) is 16.1 Å². The first-order chi connectivity index (χ1) is 14.0. The summed E-state index contributed by atoms with van der Waals surface area (Å²) in [6.45, 7) is 1.92. The summed E-state index contributed by atoms with van der Waals surface area (Å²) < 4.78 is 0. The lowest BCUT2D eigenvalue weighted by molar-refractivity contribution is -0.143. The Bertz CT molecular complexity index is 1050. The summed E-state index contributed by atoms with van der Waals surface area (Å²) in [5.74, 6) is -0.212. The van der Waals surface area contributed by atoms with Gasteiger partial charge in [0, 0.05) is 31.7 Å². The number of hydrogen-bond acceptors (Lipinski definition) is 4. The highest BCUT2D eigenvalue weighted by Gasteiger charge is 2.50. The zero-order valence-corrected chi connectivity index (χ0v) is 16.1. The molecule has 148 valence electrons. The van der Waals surface area contributed by atoms with Crippen LogP contribution in [0.15, 0.2) is 53.5 Å². The Balaban J connectivity index is 1.23. The van der Waals surface area contributed by atoms with Crippen molar-refractivity contribution in [2.45, 2.75) is 24.5 Å². The summed E-state index contributed by atoms with van der Waals surface area (Å²) in [6.07, 6.45) is 3.23. The molecular weight excluding hydrogens is 366 g/mol. The van der Waals surface area contributed by atoms with Crippen LogP contribution in [-0.2, 0) is 4.79 Å². The molecule has 6 nitrogen and oxygen atoms in total.